The number of para-hydroxylation sites is 1. The molecule has 0 bridgehead atoms. The predicted molar refractivity (Wildman–Crippen MR) is 119 cm³/mol. The van der Waals surface area contributed by atoms with Crippen molar-refractivity contribution < 1.29 is 0 Å². The largest absolute Gasteiger partial charge is 0.398 e. The number of nitrogens with two attached hydrogens (primary N) is 1. The van der Waals surface area contributed by atoms with Crippen molar-refractivity contribution >= 4 is 48.6 Å². The van der Waals surface area contributed by atoms with Gasteiger partial charge in [0.25, 0.3) is 0 Å². The Bertz CT molecular complexity index is 1250. The highest BCUT2D eigenvalue weighted by Gasteiger charge is 2.06. The van der Waals surface area contributed by atoms with Crippen LogP contribution >= 0.6 is 11.3 Å². The fourth-order valence-corrected chi connectivity index (χ4v) is 4.55. The summed E-state index contributed by atoms with van der Waals surface area (Å²) in [5, 5.41) is 6.13. The number of fused-ring (bicyclic) bond motifs is 3. The van der Waals surface area contributed by atoms with Crippen LogP contribution < -0.4 is 11.1 Å². The lowest BCUT2D eigenvalue weighted by Gasteiger charge is -2.09. The Kier molecular flexibility index (Phi) is 3.80. The standard InChI is InChI=1S/C24H18N2S/c25-22-7-3-1-5-19(22)16-9-11-17(12-10-16)26-18-13-14-24-21(15-18)20-6-2-4-8-23(20)27-24/h1-15,26H,25H2. The van der Waals surface area contributed by atoms with Crippen LogP contribution in [0.2, 0.25) is 0 Å². The molecule has 27 heavy (non-hydrogen) atoms. The van der Waals surface area contributed by atoms with E-state index in [1.807, 2.05) is 35.6 Å². The number of hydrogen-bond donors (Lipinski definition) is 2. The van der Waals surface area contributed by atoms with E-state index in [2.05, 4.69) is 72.0 Å². The molecule has 0 radical (unpaired) electrons. The molecular weight excluding hydrogens is 348 g/mol. The van der Waals surface area contributed by atoms with Crippen LogP contribution in [-0.2, 0) is 0 Å². The summed E-state index contributed by atoms with van der Waals surface area (Å²) in [7, 11) is 0. The molecule has 3 heteroatoms. The first-order valence-corrected chi connectivity index (χ1v) is 9.73. The van der Waals surface area contributed by atoms with Crippen LogP contribution in [0.15, 0.2) is 91.0 Å². The highest BCUT2D eigenvalue weighted by Crippen LogP contribution is 2.36. The number of hydrogen-bond acceptors (Lipinski definition) is 3. The van der Waals surface area contributed by atoms with Crippen molar-refractivity contribution in [3.63, 3.8) is 0 Å². The van der Waals surface area contributed by atoms with Gasteiger partial charge in [-0.3, -0.25) is 0 Å². The SMILES string of the molecule is Nc1ccccc1-c1ccc(Nc2ccc3sc4ccccc4c3c2)cc1. The molecule has 0 aliphatic carbocycles. The Hall–Kier alpha value is -3.30. The minimum absolute atomic E-state index is 0.799. The highest BCUT2D eigenvalue weighted by atomic mass is 32.1. The molecule has 1 heterocycles. The molecule has 2 nitrogen and oxygen atoms in total. The van der Waals surface area contributed by atoms with Gasteiger partial charge in [0, 0.05) is 42.8 Å². The van der Waals surface area contributed by atoms with Crippen LogP contribution in [0.5, 0.6) is 0 Å². The number of anilines is 3. The summed E-state index contributed by atoms with van der Waals surface area (Å²) >= 11 is 1.84. The maximum Gasteiger partial charge on any atom is 0.0393 e. The maximum absolute atomic E-state index is 6.09. The summed E-state index contributed by atoms with van der Waals surface area (Å²) in [4.78, 5) is 0. The number of thiophene rings is 1. The van der Waals surface area contributed by atoms with Crippen molar-refractivity contribution in [2.24, 2.45) is 0 Å². The van der Waals surface area contributed by atoms with Gasteiger partial charge < -0.3 is 11.1 Å². The lowest BCUT2D eigenvalue weighted by Crippen LogP contribution is -1.91. The Morgan fingerprint density at radius 1 is 0.630 bits per heavy atom. The van der Waals surface area contributed by atoms with E-state index in [4.69, 9.17) is 5.73 Å². The molecular formula is C24H18N2S. The summed E-state index contributed by atoms with van der Waals surface area (Å²) in [5.41, 5.74) is 11.2. The van der Waals surface area contributed by atoms with Crippen LogP contribution in [0.4, 0.5) is 17.1 Å². The zero-order chi connectivity index (χ0) is 18.2. The van der Waals surface area contributed by atoms with Crippen molar-refractivity contribution in [1.29, 1.82) is 0 Å². The lowest BCUT2D eigenvalue weighted by molar-refractivity contribution is 1.56. The minimum atomic E-state index is 0.799. The Morgan fingerprint density at radius 2 is 1.33 bits per heavy atom. The molecule has 0 amide bonds. The molecule has 1 aromatic heterocycles. The molecule has 0 aliphatic rings. The second-order valence-electron chi connectivity index (χ2n) is 6.60. The molecule has 5 aromatic rings. The van der Waals surface area contributed by atoms with Crippen LogP contribution in [0, 0.1) is 0 Å². The van der Waals surface area contributed by atoms with Crippen LogP contribution in [0.25, 0.3) is 31.3 Å². The van der Waals surface area contributed by atoms with Gasteiger partial charge in [0.05, 0.1) is 0 Å². The summed E-state index contributed by atoms with van der Waals surface area (Å²) in [5.74, 6) is 0. The van der Waals surface area contributed by atoms with Gasteiger partial charge in [-0.25, -0.2) is 0 Å². The predicted octanol–water partition coefficient (Wildman–Crippen LogP) is 7.05. The van der Waals surface area contributed by atoms with Gasteiger partial charge in [0.15, 0.2) is 0 Å². The van der Waals surface area contributed by atoms with Crippen molar-refractivity contribution in [1.82, 2.24) is 0 Å². The zero-order valence-corrected chi connectivity index (χ0v) is 15.5. The van der Waals surface area contributed by atoms with Gasteiger partial charge in [0.2, 0.25) is 0 Å². The second-order valence-corrected chi connectivity index (χ2v) is 7.68. The average molecular weight is 366 g/mol. The van der Waals surface area contributed by atoms with E-state index < -0.39 is 0 Å². The third kappa shape index (κ3) is 2.92. The molecule has 0 atom stereocenters. The summed E-state index contributed by atoms with van der Waals surface area (Å²) < 4.78 is 2.64. The van der Waals surface area contributed by atoms with Crippen molar-refractivity contribution in [3.05, 3.63) is 91.0 Å². The first kappa shape index (κ1) is 15.9. The van der Waals surface area contributed by atoms with Crippen LogP contribution in [-0.4, -0.2) is 0 Å². The Morgan fingerprint density at radius 3 is 2.19 bits per heavy atom. The van der Waals surface area contributed by atoms with Crippen molar-refractivity contribution in [2.75, 3.05) is 11.1 Å². The van der Waals surface area contributed by atoms with Gasteiger partial charge in [-0.2, -0.15) is 0 Å². The number of benzene rings is 4. The van der Waals surface area contributed by atoms with E-state index in [1.54, 1.807) is 0 Å². The van der Waals surface area contributed by atoms with E-state index in [1.165, 1.54) is 20.2 Å². The summed E-state index contributed by atoms with van der Waals surface area (Å²) in [6, 6.07) is 31.5. The van der Waals surface area contributed by atoms with Crippen LogP contribution in [0.1, 0.15) is 0 Å². The molecule has 0 saturated heterocycles. The molecule has 5 rings (SSSR count). The monoisotopic (exact) mass is 366 g/mol. The Labute approximate surface area is 161 Å². The van der Waals surface area contributed by atoms with E-state index >= 15 is 0 Å². The van der Waals surface area contributed by atoms with E-state index in [-0.39, 0.29) is 0 Å². The first-order chi connectivity index (χ1) is 13.3. The molecule has 130 valence electrons. The lowest BCUT2D eigenvalue weighted by atomic mass is 10.0. The third-order valence-electron chi connectivity index (χ3n) is 4.82. The molecule has 3 N–H and O–H groups in total. The number of nitrogen functional groups attached to an aromatic ring is 1. The quantitative estimate of drug-likeness (QED) is 0.336. The molecule has 0 unspecified atom stereocenters. The van der Waals surface area contributed by atoms with Crippen molar-refractivity contribution in [2.45, 2.75) is 0 Å². The number of rotatable bonds is 3. The minimum Gasteiger partial charge on any atom is -0.398 e. The molecule has 0 aliphatic heterocycles. The highest BCUT2D eigenvalue weighted by molar-refractivity contribution is 7.25. The number of nitrogens with one attached hydrogen (secondary N) is 1. The fraction of sp³-hybridized carbons (Fsp3) is 0. The summed E-state index contributed by atoms with van der Waals surface area (Å²) in [6.07, 6.45) is 0. The van der Waals surface area contributed by atoms with Crippen molar-refractivity contribution in [3.8, 4) is 11.1 Å². The van der Waals surface area contributed by atoms with E-state index in [0.717, 1.165) is 28.2 Å². The van der Waals surface area contributed by atoms with Gasteiger partial charge in [0.1, 0.15) is 0 Å². The average Bonchev–Trinajstić information content (AvgIpc) is 3.07. The van der Waals surface area contributed by atoms with Gasteiger partial charge in [-0.05, 0) is 48.0 Å². The molecule has 0 spiro atoms. The maximum atomic E-state index is 6.09. The van der Waals surface area contributed by atoms with Crippen LogP contribution in [0.3, 0.4) is 0 Å². The van der Waals surface area contributed by atoms with E-state index in [0.29, 0.717) is 0 Å². The normalized spacial score (nSPS) is 11.1. The second kappa shape index (κ2) is 6.45. The molecule has 0 saturated carbocycles. The fourth-order valence-electron chi connectivity index (χ4n) is 3.46. The third-order valence-corrected chi connectivity index (χ3v) is 5.97. The summed E-state index contributed by atoms with van der Waals surface area (Å²) in [6.45, 7) is 0. The van der Waals surface area contributed by atoms with Gasteiger partial charge in [-0.1, -0.05) is 48.5 Å². The first-order valence-electron chi connectivity index (χ1n) is 8.91. The smallest absolute Gasteiger partial charge is 0.0393 e. The topological polar surface area (TPSA) is 38.0 Å². The molecule has 0 fully saturated rings. The van der Waals surface area contributed by atoms with Gasteiger partial charge in [-0.15, -0.1) is 11.3 Å². The zero-order valence-electron chi connectivity index (χ0n) is 14.6. The Balaban J connectivity index is 1.46. The van der Waals surface area contributed by atoms with Gasteiger partial charge >= 0.3 is 0 Å². The van der Waals surface area contributed by atoms with E-state index in [9.17, 15) is 0 Å². The molecule has 4 aromatic carbocycles.